The van der Waals surface area contributed by atoms with Gasteiger partial charge in [-0.15, -0.1) is 0 Å². The van der Waals surface area contributed by atoms with Crippen LogP contribution in [0.5, 0.6) is 0 Å². The van der Waals surface area contributed by atoms with Gasteiger partial charge in [0.1, 0.15) is 0 Å². The second-order valence-electron chi connectivity index (χ2n) is 6.54. The van der Waals surface area contributed by atoms with Crippen molar-refractivity contribution in [1.82, 2.24) is 0 Å². The van der Waals surface area contributed by atoms with Gasteiger partial charge in [0.25, 0.3) is 0 Å². The molecule has 0 radical (unpaired) electrons. The number of esters is 2. The molecule has 1 fully saturated rings. The number of hydrogen-bond donors (Lipinski definition) is 0. The second kappa shape index (κ2) is 8.80. The van der Waals surface area contributed by atoms with E-state index >= 15 is 0 Å². The quantitative estimate of drug-likeness (QED) is 0.428. The average Bonchev–Trinajstić information content (AvgIpc) is 3.02. The van der Waals surface area contributed by atoms with Crippen molar-refractivity contribution in [2.75, 3.05) is 13.2 Å². The van der Waals surface area contributed by atoms with E-state index in [4.69, 9.17) is 9.47 Å². The highest BCUT2D eigenvalue weighted by atomic mass is 16.6. The number of carbonyl (C=O) groups is 3. The Balaban J connectivity index is 2.41. The molecule has 1 saturated carbocycles. The van der Waals surface area contributed by atoms with E-state index in [1.807, 2.05) is 31.2 Å². The van der Waals surface area contributed by atoms with Crippen molar-refractivity contribution in [3.63, 3.8) is 0 Å². The fourth-order valence-corrected chi connectivity index (χ4v) is 3.30. The second-order valence-corrected chi connectivity index (χ2v) is 6.54. The molecule has 0 amide bonds. The number of rotatable bonds is 6. The molecule has 0 aromatic heterocycles. The minimum atomic E-state index is -1.33. The number of carbonyl (C=O) groups excluding carboxylic acids is 3. The predicted molar refractivity (Wildman–Crippen MR) is 103 cm³/mol. The summed E-state index contributed by atoms with van der Waals surface area (Å²) in [6.45, 7) is 7.25. The first-order valence-electron chi connectivity index (χ1n) is 9.19. The standard InChI is InChI=1S/C22H26O5/c1-5-17-13-22(20(24)26-6-2,21(25)27-7-3)14-19(17)12-16-8-10-18(11-9-16)15(4)23/h5,8-12H,6-7,13-14H2,1-4H3/b17-5+,19-12-. The molecule has 1 aliphatic carbocycles. The zero-order valence-corrected chi connectivity index (χ0v) is 16.3. The topological polar surface area (TPSA) is 69.7 Å². The molecular formula is C22H26O5. The predicted octanol–water partition coefficient (Wildman–Crippen LogP) is 4.13. The van der Waals surface area contributed by atoms with Gasteiger partial charge in [-0.3, -0.25) is 14.4 Å². The Morgan fingerprint density at radius 2 is 1.48 bits per heavy atom. The first kappa shape index (κ1) is 20.6. The third-order valence-corrected chi connectivity index (χ3v) is 4.74. The largest absolute Gasteiger partial charge is 0.465 e. The molecule has 144 valence electrons. The van der Waals surface area contributed by atoms with Crippen LogP contribution >= 0.6 is 0 Å². The van der Waals surface area contributed by atoms with E-state index in [-0.39, 0.29) is 31.8 Å². The van der Waals surface area contributed by atoms with Crippen molar-refractivity contribution in [1.29, 1.82) is 0 Å². The Labute approximate surface area is 160 Å². The Kier molecular flexibility index (Phi) is 6.72. The van der Waals surface area contributed by atoms with Crippen LogP contribution in [-0.2, 0) is 19.1 Å². The van der Waals surface area contributed by atoms with Crippen LogP contribution in [0.4, 0.5) is 0 Å². The van der Waals surface area contributed by atoms with Gasteiger partial charge < -0.3 is 9.47 Å². The van der Waals surface area contributed by atoms with Gasteiger partial charge in [0.2, 0.25) is 0 Å². The molecule has 5 nitrogen and oxygen atoms in total. The molecule has 27 heavy (non-hydrogen) atoms. The lowest BCUT2D eigenvalue weighted by molar-refractivity contribution is -0.171. The number of ketones is 1. The molecular weight excluding hydrogens is 344 g/mol. The minimum absolute atomic E-state index is 0.00727. The molecule has 0 atom stereocenters. The summed E-state index contributed by atoms with van der Waals surface area (Å²) < 4.78 is 10.4. The lowest BCUT2D eigenvalue weighted by atomic mass is 9.85. The average molecular weight is 370 g/mol. The fraction of sp³-hybridized carbons (Fsp3) is 0.409. The van der Waals surface area contributed by atoms with Crippen LogP contribution in [0, 0.1) is 5.41 Å². The lowest BCUT2D eigenvalue weighted by Crippen LogP contribution is -2.39. The minimum Gasteiger partial charge on any atom is -0.465 e. The van der Waals surface area contributed by atoms with Crippen LogP contribution in [-0.4, -0.2) is 30.9 Å². The highest BCUT2D eigenvalue weighted by molar-refractivity contribution is 6.02. The molecule has 0 saturated heterocycles. The third-order valence-electron chi connectivity index (χ3n) is 4.74. The summed E-state index contributed by atoms with van der Waals surface area (Å²) in [7, 11) is 0. The summed E-state index contributed by atoms with van der Waals surface area (Å²) in [5.74, 6) is -1.08. The van der Waals surface area contributed by atoms with Crippen LogP contribution in [0.3, 0.4) is 0 Å². The highest BCUT2D eigenvalue weighted by Gasteiger charge is 2.54. The smallest absolute Gasteiger partial charge is 0.324 e. The summed E-state index contributed by atoms with van der Waals surface area (Å²) in [5.41, 5.74) is 2.03. The maximum absolute atomic E-state index is 12.6. The van der Waals surface area contributed by atoms with Gasteiger partial charge >= 0.3 is 11.9 Å². The van der Waals surface area contributed by atoms with Crippen molar-refractivity contribution < 1.29 is 23.9 Å². The van der Waals surface area contributed by atoms with Crippen LogP contribution in [0.25, 0.3) is 6.08 Å². The zero-order chi connectivity index (χ0) is 20.0. The van der Waals surface area contributed by atoms with Crippen LogP contribution < -0.4 is 0 Å². The van der Waals surface area contributed by atoms with Crippen molar-refractivity contribution in [3.05, 3.63) is 52.6 Å². The molecule has 0 N–H and O–H groups in total. The van der Waals surface area contributed by atoms with Gasteiger partial charge in [-0.1, -0.05) is 36.4 Å². The molecule has 0 heterocycles. The first-order chi connectivity index (χ1) is 12.9. The maximum Gasteiger partial charge on any atom is 0.324 e. The van der Waals surface area contributed by atoms with E-state index in [9.17, 15) is 14.4 Å². The Morgan fingerprint density at radius 3 is 1.93 bits per heavy atom. The SMILES string of the molecule is C/C=C1\CC(C(=O)OCC)(C(=O)OCC)C\C1=C\c1ccc(C(C)=O)cc1. The molecule has 1 aliphatic rings. The van der Waals surface area contributed by atoms with Crippen LogP contribution in [0.1, 0.15) is 56.5 Å². The summed E-state index contributed by atoms with van der Waals surface area (Å²) in [6, 6.07) is 7.24. The molecule has 0 spiro atoms. The van der Waals surface area contributed by atoms with Crippen molar-refractivity contribution in [2.24, 2.45) is 5.41 Å². The van der Waals surface area contributed by atoms with Crippen LogP contribution in [0.15, 0.2) is 41.5 Å². The van der Waals surface area contributed by atoms with E-state index in [0.29, 0.717) is 5.56 Å². The van der Waals surface area contributed by atoms with Crippen molar-refractivity contribution in [3.8, 4) is 0 Å². The number of hydrogen-bond acceptors (Lipinski definition) is 5. The van der Waals surface area contributed by atoms with Crippen molar-refractivity contribution in [2.45, 2.75) is 40.5 Å². The Hall–Kier alpha value is -2.69. The monoisotopic (exact) mass is 370 g/mol. The van der Waals surface area contributed by atoms with E-state index in [1.54, 1.807) is 26.0 Å². The summed E-state index contributed by atoms with van der Waals surface area (Å²) in [6.07, 6.45) is 4.35. The Bertz CT molecular complexity index is 765. The van der Waals surface area contributed by atoms with Gasteiger partial charge in [0.15, 0.2) is 11.2 Å². The van der Waals surface area contributed by atoms with Gasteiger partial charge in [0.05, 0.1) is 13.2 Å². The normalized spacial score (nSPS) is 18.5. The summed E-state index contributed by atoms with van der Waals surface area (Å²) >= 11 is 0. The van der Waals surface area contributed by atoms with E-state index in [0.717, 1.165) is 16.7 Å². The van der Waals surface area contributed by atoms with Gasteiger partial charge in [-0.2, -0.15) is 0 Å². The number of benzene rings is 1. The van der Waals surface area contributed by atoms with Gasteiger partial charge in [-0.25, -0.2) is 0 Å². The number of allylic oxidation sites excluding steroid dienone is 3. The molecule has 0 bridgehead atoms. The van der Waals surface area contributed by atoms with Gasteiger partial charge in [0, 0.05) is 5.56 Å². The maximum atomic E-state index is 12.6. The molecule has 1 aromatic carbocycles. The molecule has 1 aromatic rings. The van der Waals surface area contributed by atoms with Crippen molar-refractivity contribution >= 4 is 23.8 Å². The zero-order valence-electron chi connectivity index (χ0n) is 16.3. The van der Waals surface area contributed by atoms with Crippen LogP contribution in [0.2, 0.25) is 0 Å². The third kappa shape index (κ3) is 4.35. The molecule has 2 rings (SSSR count). The van der Waals surface area contributed by atoms with E-state index in [2.05, 4.69) is 0 Å². The van der Waals surface area contributed by atoms with E-state index in [1.165, 1.54) is 6.92 Å². The number of Topliss-reactive ketones (excluding diaryl/α,β-unsaturated/α-hetero) is 1. The van der Waals surface area contributed by atoms with E-state index < -0.39 is 17.4 Å². The lowest BCUT2D eigenvalue weighted by Gasteiger charge is -2.23. The highest BCUT2D eigenvalue weighted by Crippen LogP contribution is 2.47. The molecule has 0 unspecified atom stereocenters. The molecule has 0 aliphatic heterocycles. The number of ether oxygens (including phenoxy) is 2. The fourth-order valence-electron chi connectivity index (χ4n) is 3.30. The summed E-state index contributed by atoms with van der Waals surface area (Å²) in [5, 5.41) is 0. The molecule has 5 heteroatoms. The first-order valence-corrected chi connectivity index (χ1v) is 9.19. The summed E-state index contributed by atoms with van der Waals surface area (Å²) in [4.78, 5) is 36.7. The van der Waals surface area contributed by atoms with Gasteiger partial charge in [-0.05, 0) is 57.2 Å². The Morgan fingerprint density at radius 1 is 0.963 bits per heavy atom.